The molecule has 0 aromatic heterocycles. The van der Waals surface area contributed by atoms with Crippen molar-refractivity contribution in [3.05, 3.63) is 0 Å². The normalized spacial score (nSPS) is 13.9. The smallest absolute Gasteiger partial charge is 0.000387 e. The van der Waals surface area contributed by atoms with E-state index in [1.54, 1.807) is 0 Å². The van der Waals surface area contributed by atoms with Gasteiger partial charge in [-0.05, 0) is 25.9 Å². The maximum absolute atomic E-state index is 2.44. The predicted octanol–water partition coefficient (Wildman–Crippen LogP) is 2.76. The summed E-state index contributed by atoms with van der Waals surface area (Å²) in [6.07, 6.45) is 3.95. The highest BCUT2D eigenvalue weighted by molar-refractivity contribution is 4.56. The molecule has 1 atom stereocenters. The summed E-state index contributed by atoms with van der Waals surface area (Å²) in [5.41, 5.74) is 0. The first-order valence-electron chi connectivity index (χ1n) is 4.89. The quantitative estimate of drug-likeness (QED) is 0.573. The average molecular weight is 157 g/mol. The average Bonchev–Trinajstić information content (AvgIpc) is 2.00. The molecule has 1 heteroatoms. The molecule has 0 aromatic rings. The largest absolute Gasteiger partial charge is 0.306 e. The molecule has 0 aliphatic heterocycles. The third kappa shape index (κ3) is 6.36. The van der Waals surface area contributed by atoms with Crippen LogP contribution in [0.5, 0.6) is 0 Å². The van der Waals surface area contributed by atoms with Crippen molar-refractivity contribution in [2.45, 2.75) is 40.0 Å². The van der Waals surface area contributed by atoms with Crippen LogP contribution in [0.2, 0.25) is 0 Å². The second kappa shape index (κ2) is 6.66. The van der Waals surface area contributed by atoms with Gasteiger partial charge in [0.2, 0.25) is 0 Å². The Morgan fingerprint density at radius 1 is 1.27 bits per heavy atom. The molecule has 0 bridgehead atoms. The minimum atomic E-state index is 0.858. The molecule has 0 aliphatic rings. The molecule has 0 saturated heterocycles. The minimum Gasteiger partial charge on any atom is -0.306 e. The van der Waals surface area contributed by atoms with Gasteiger partial charge in [-0.25, -0.2) is 0 Å². The summed E-state index contributed by atoms with van der Waals surface area (Å²) in [6, 6.07) is 0. The van der Waals surface area contributed by atoms with E-state index in [4.69, 9.17) is 0 Å². The lowest BCUT2D eigenvalue weighted by Crippen LogP contribution is -2.25. The van der Waals surface area contributed by atoms with Gasteiger partial charge in [0.25, 0.3) is 0 Å². The second-order valence-corrected chi connectivity index (χ2v) is 3.63. The zero-order valence-corrected chi connectivity index (χ0v) is 8.56. The van der Waals surface area contributed by atoms with Gasteiger partial charge in [-0.1, -0.05) is 33.6 Å². The molecule has 0 rings (SSSR count). The van der Waals surface area contributed by atoms with E-state index < -0.39 is 0 Å². The van der Waals surface area contributed by atoms with Gasteiger partial charge in [-0.15, -0.1) is 0 Å². The highest BCUT2D eigenvalue weighted by Gasteiger charge is 2.02. The molecule has 0 radical (unpaired) electrons. The molecule has 0 saturated carbocycles. The van der Waals surface area contributed by atoms with Crippen molar-refractivity contribution < 1.29 is 0 Å². The first-order chi connectivity index (χ1) is 5.20. The number of rotatable bonds is 6. The van der Waals surface area contributed by atoms with E-state index in [0.29, 0.717) is 0 Å². The molecule has 0 fully saturated rings. The van der Waals surface area contributed by atoms with Crippen molar-refractivity contribution in [1.29, 1.82) is 0 Å². The summed E-state index contributed by atoms with van der Waals surface area (Å²) >= 11 is 0. The first kappa shape index (κ1) is 11.0. The van der Waals surface area contributed by atoms with Crippen LogP contribution in [0.1, 0.15) is 40.0 Å². The Labute approximate surface area is 71.8 Å². The lowest BCUT2D eigenvalue weighted by molar-refractivity contribution is 0.278. The van der Waals surface area contributed by atoms with E-state index in [9.17, 15) is 0 Å². The molecular formula is C10H23N. The van der Waals surface area contributed by atoms with Crippen LogP contribution in [-0.4, -0.2) is 25.0 Å². The molecule has 11 heavy (non-hydrogen) atoms. The van der Waals surface area contributed by atoms with Crippen LogP contribution in [0.4, 0.5) is 0 Å². The van der Waals surface area contributed by atoms with Crippen LogP contribution in [0.3, 0.4) is 0 Å². The molecule has 0 aromatic carbocycles. The number of nitrogens with zero attached hydrogens (tertiary/aromatic N) is 1. The monoisotopic (exact) mass is 157 g/mol. The highest BCUT2D eigenvalue weighted by Crippen LogP contribution is 2.03. The number of hydrogen-bond donors (Lipinski definition) is 0. The van der Waals surface area contributed by atoms with Gasteiger partial charge < -0.3 is 4.90 Å². The van der Waals surface area contributed by atoms with Crippen LogP contribution < -0.4 is 0 Å². The van der Waals surface area contributed by atoms with E-state index in [1.807, 2.05) is 0 Å². The summed E-state index contributed by atoms with van der Waals surface area (Å²) < 4.78 is 0. The standard InChI is InChI=1S/C10H23N/c1-5-7-8-11(4)9-10(3)6-2/h10H,5-9H2,1-4H3. The Balaban J connectivity index is 3.27. The highest BCUT2D eigenvalue weighted by atomic mass is 15.1. The first-order valence-corrected chi connectivity index (χ1v) is 4.89. The summed E-state index contributed by atoms with van der Waals surface area (Å²) in [5.74, 6) is 0.858. The van der Waals surface area contributed by atoms with Crippen LogP contribution in [0.15, 0.2) is 0 Å². The number of hydrogen-bond acceptors (Lipinski definition) is 1. The Kier molecular flexibility index (Phi) is 6.63. The van der Waals surface area contributed by atoms with E-state index >= 15 is 0 Å². The van der Waals surface area contributed by atoms with E-state index in [-0.39, 0.29) is 0 Å². The lowest BCUT2D eigenvalue weighted by Gasteiger charge is -2.19. The second-order valence-electron chi connectivity index (χ2n) is 3.63. The fourth-order valence-electron chi connectivity index (χ4n) is 1.18. The van der Waals surface area contributed by atoms with Crippen molar-refractivity contribution in [2.75, 3.05) is 20.1 Å². The molecule has 0 heterocycles. The van der Waals surface area contributed by atoms with Crippen LogP contribution >= 0.6 is 0 Å². The topological polar surface area (TPSA) is 3.24 Å². The fraction of sp³-hybridized carbons (Fsp3) is 1.00. The molecule has 0 aliphatic carbocycles. The Hall–Kier alpha value is -0.0400. The van der Waals surface area contributed by atoms with Crippen LogP contribution in [0, 0.1) is 5.92 Å². The van der Waals surface area contributed by atoms with Gasteiger partial charge in [-0.2, -0.15) is 0 Å². The van der Waals surface area contributed by atoms with Crippen molar-refractivity contribution in [3.8, 4) is 0 Å². The van der Waals surface area contributed by atoms with E-state index in [0.717, 1.165) is 5.92 Å². The predicted molar refractivity (Wildman–Crippen MR) is 51.9 cm³/mol. The lowest BCUT2D eigenvalue weighted by atomic mass is 10.1. The molecule has 0 spiro atoms. The number of unbranched alkanes of at least 4 members (excludes halogenated alkanes) is 1. The van der Waals surface area contributed by atoms with Crippen molar-refractivity contribution in [1.82, 2.24) is 4.90 Å². The SMILES string of the molecule is CCCCN(C)CC(C)CC. The molecule has 0 N–H and O–H groups in total. The molecule has 1 unspecified atom stereocenters. The maximum atomic E-state index is 2.44. The Bertz CT molecular complexity index is 80.9. The molecule has 1 nitrogen and oxygen atoms in total. The summed E-state index contributed by atoms with van der Waals surface area (Å²) in [7, 11) is 2.22. The summed E-state index contributed by atoms with van der Waals surface area (Å²) in [4.78, 5) is 2.44. The fourth-order valence-corrected chi connectivity index (χ4v) is 1.18. The van der Waals surface area contributed by atoms with Crippen molar-refractivity contribution >= 4 is 0 Å². The summed E-state index contributed by atoms with van der Waals surface area (Å²) in [5, 5.41) is 0. The summed E-state index contributed by atoms with van der Waals surface area (Å²) in [6.45, 7) is 9.36. The Morgan fingerprint density at radius 3 is 2.36 bits per heavy atom. The van der Waals surface area contributed by atoms with Gasteiger partial charge in [-0.3, -0.25) is 0 Å². The van der Waals surface area contributed by atoms with Crippen LogP contribution in [0.25, 0.3) is 0 Å². The minimum absolute atomic E-state index is 0.858. The van der Waals surface area contributed by atoms with Gasteiger partial charge in [0.1, 0.15) is 0 Å². The van der Waals surface area contributed by atoms with Gasteiger partial charge in [0.15, 0.2) is 0 Å². The van der Waals surface area contributed by atoms with Gasteiger partial charge >= 0.3 is 0 Å². The molecule has 0 amide bonds. The van der Waals surface area contributed by atoms with Gasteiger partial charge in [0.05, 0.1) is 0 Å². The van der Waals surface area contributed by atoms with E-state index in [2.05, 4.69) is 32.7 Å². The van der Waals surface area contributed by atoms with Crippen molar-refractivity contribution in [3.63, 3.8) is 0 Å². The third-order valence-electron chi connectivity index (χ3n) is 2.21. The molecular weight excluding hydrogens is 134 g/mol. The van der Waals surface area contributed by atoms with Gasteiger partial charge in [0, 0.05) is 6.54 Å². The molecule has 68 valence electrons. The maximum Gasteiger partial charge on any atom is 0.000387 e. The Morgan fingerprint density at radius 2 is 1.91 bits per heavy atom. The van der Waals surface area contributed by atoms with E-state index in [1.165, 1.54) is 32.4 Å². The third-order valence-corrected chi connectivity index (χ3v) is 2.21. The van der Waals surface area contributed by atoms with Crippen LogP contribution in [-0.2, 0) is 0 Å². The van der Waals surface area contributed by atoms with Crippen molar-refractivity contribution in [2.24, 2.45) is 5.92 Å². The zero-order chi connectivity index (χ0) is 8.69. The zero-order valence-electron chi connectivity index (χ0n) is 8.56.